The maximum atomic E-state index is 11.6. The van der Waals surface area contributed by atoms with Gasteiger partial charge < -0.3 is 14.6 Å². The van der Waals surface area contributed by atoms with E-state index < -0.39 is 37.4 Å². The molecule has 3 unspecified atom stereocenters. The van der Waals surface area contributed by atoms with Gasteiger partial charge >= 0.3 is 13.5 Å². The minimum Gasteiger partial charge on any atom is -0.363 e. The van der Waals surface area contributed by atoms with Gasteiger partial charge in [-0.3, -0.25) is 18.8 Å². The van der Waals surface area contributed by atoms with E-state index in [9.17, 15) is 19.0 Å². The molecule has 9 nitrogen and oxygen atoms in total. The maximum Gasteiger partial charge on any atom is 0.472 e. The lowest BCUT2D eigenvalue weighted by molar-refractivity contribution is -0.0535. The maximum absolute atomic E-state index is 11.6. The molecule has 4 atom stereocenters. The van der Waals surface area contributed by atoms with Crippen LogP contribution >= 0.6 is 30.4 Å². The Kier molecular flexibility index (Phi) is 3.63. The van der Waals surface area contributed by atoms with Crippen LogP contribution in [0.1, 0.15) is 18.2 Å². The Hall–Kier alpha value is -0.520. The summed E-state index contributed by atoms with van der Waals surface area (Å²) in [6.07, 6.45) is -1.45. The fourth-order valence-corrected chi connectivity index (χ4v) is 3.82. The zero-order valence-corrected chi connectivity index (χ0v) is 12.9. The molecule has 3 N–H and O–H groups in total. The van der Waals surface area contributed by atoms with Gasteiger partial charge in [0.1, 0.15) is 21.9 Å². The first-order valence-corrected chi connectivity index (χ1v) is 8.26. The Labute approximate surface area is 125 Å². The van der Waals surface area contributed by atoms with Gasteiger partial charge in [-0.15, -0.1) is 0 Å². The minimum absolute atomic E-state index is 0.0705. The number of fused-ring (bicyclic) bond motifs is 1. The number of H-pyrrole nitrogens is 2. The smallest absolute Gasteiger partial charge is 0.363 e. The molecule has 1 aromatic heterocycles. The second kappa shape index (κ2) is 5.04. The summed E-state index contributed by atoms with van der Waals surface area (Å²) in [5.41, 5.74) is -0.799. The summed E-state index contributed by atoms with van der Waals surface area (Å²) in [5, 5.41) is 0. The summed E-state index contributed by atoms with van der Waals surface area (Å²) < 4.78 is 26.9. The van der Waals surface area contributed by atoms with Gasteiger partial charge in [-0.25, -0.2) is 9.36 Å². The highest BCUT2D eigenvalue weighted by Gasteiger charge is 2.46. The number of aromatic nitrogens is 2. The van der Waals surface area contributed by atoms with Crippen LogP contribution in [-0.2, 0) is 18.3 Å². The fraction of sp³-hybridized carbons (Fsp3) is 0.556. The lowest BCUT2D eigenvalue weighted by Crippen LogP contribution is -2.32. The third-order valence-corrected chi connectivity index (χ3v) is 5.19. The van der Waals surface area contributed by atoms with Gasteiger partial charge in [0, 0.05) is 6.42 Å². The first-order valence-electron chi connectivity index (χ1n) is 5.69. The topological polar surface area (TPSA) is 131 Å². The van der Waals surface area contributed by atoms with Crippen molar-refractivity contribution in [1.29, 1.82) is 0 Å². The van der Waals surface area contributed by atoms with Crippen LogP contribution in [0.4, 0.5) is 0 Å². The Morgan fingerprint density at radius 1 is 1.30 bits per heavy atom. The van der Waals surface area contributed by atoms with Gasteiger partial charge in [0.2, 0.25) is 0 Å². The zero-order chi connectivity index (χ0) is 14.5. The Morgan fingerprint density at radius 2 is 2.05 bits per heavy atom. The fourth-order valence-electron chi connectivity index (χ4n) is 2.24. The molecule has 20 heavy (non-hydrogen) atoms. The monoisotopic (exact) mass is 416 g/mol. The van der Waals surface area contributed by atoms with Crippen molar-refractivity contribution in [3.63, 3.8) is 0 Å². The zero-order valence-electron chi connectivity index (χ0n) is 9.87. The number of aromatic amines is 2. The second-order valence-corrected chi connectivity index (χ2v) is 6.93. The number of halogens is 1. The van der Waals surface area contributed by atoms with Crippen LogP contribution in [-0.4, -0.2) is 33.7 Å². The molecule has 0 bridgehead atoms. The molecule has 0 saturated carbocycles. The van der Waals surface area contributed by atoms with E-state index in [1.54, 1.807) is 22.6 Å². The number of hydrogen-bond donors (Lipinski definition) is 3. The summed E-state index contributed by atoms with van der Waals surface area (Å²) in [7, 11) is -4.03. The molecule has 3 rings (SSSR count). The summed E-state index contributed by atoms with van der Waals surface area (Å²) >= 11 is 1.80. The van der Waals surface area contributed by atoms with Crippen molar-refractivity contribution in [3.05, 3.63) is 30.1 Å². The number of phosphoric acid groups is 1. The molecule has 0 aliphatic carbocycles. The van der Waals surface area contributed by atoms with Crippen molar-refractivity contribution in [2.45, 2.75) is 24.7 Å². The average molecular weight is 416 g/mol. The molecule has 3 heterocycles. The van der Waals surface area contributed by atoms with Gasteiger partial charge in [0.05, 0.1) is 12.3 Å². The lowest BCUT2D eigenvalue weighted by atomic mass is 10.1. The normalized spacial score (nSPS) is 36.8. The van der Waals surface area contributed by atoms with E-state index in [-0.39, 0.29) is 13.0 Å². The average Bonchev–Trinajstić information content (AvgIpc) is 2.74. The van der Waals surface area contributed by atoms with E-state index in [1.807, 2.05) is 0 Å². The van der Waals surface area contributed by atoms with Crippen LogP contribution < -0.4 is 11.2 Å². The molecule has 2 aliphatic heterocycles. The van der Waals surface area contributed by atoms with Crippen molar-refractivity contribution >= 4 is 30.4 Å². The van der Waals surface area contributed by atoms with E-state index in [1.165, 1.54) is 0 Å². The van der Waals surface area contributed by atoms with Gasteiger partial charge in [-0.05, 0) is 22.6 Å². The predicted molar refractivity (Wildman–Crippen MR) is 73.3 cm³/mol. The third-order valence-electron chi connectivity index (χ3n) is 3.10. The largest absolute Gasteiger partial charge is 0.472 e. The Morgan fingerprint density at radius 3 is 2.80 bits per heavy atom. The Balaban J connectivity index is 1.90. The molecule has 11 heteroatoms. The summed E-state index contributed by atoms with van der Waals surface area (Å²) in [6.45, 7) is -0.0705. The number of phosphoric ester groups is 1. The van der Waals surface area contributed by atoms with Gasteiger partial charge in [-0.1, -0.05) is 0 Å². The van der Waals surface area contributed by atoms with E-state index in [2.05, 4.69) is 14.5 Å². The van der Waals surface area contributed by atoms with E-state index >= 15 is 0 Å². The van der Waals surface area contributed by atoms with Gasteiger partial charge in [0.25, 0.3) is 5.56 Å². The van der Waals surface area contributed by atoms with Gasteiger partial charge in [0.15, 0.2) is 0 Å². The molecule has 110 valence electrons. The van der Waals surface area contributed by atoms with Crippen molar-refractivity contribution in [2.24, 2.45) is 0 Å². The van der Waals surface area contributed by atoms with Crippen LogP contribution in [0.3, 0.4) is 0 Å². The van der Waals surface area contributed by atoms with Crippen molar-refractivity contribution in [3.8, 4) is 0 Å². The van der Waals surface area contributed by atoms with Crippen molar-refractivity contribution in [2.75, 3.05) is 6.61 Å². The molecule has 2 fully saturated rings. The quantitative estimate of drug-likeness (QED) is 0.435. The summed E-state index contributed by atoms with van der Waals surface area (Å²) in [5.74, 6) is 0. The Bertz CT molecular complexity index is 700. The first-order chi connectivity index (χ1) is 9.35. The minimum atomic E-state index is -4.03. The summed E-state index contributed by atoms with van der Waals surface area (Å²) in [6, 6.07) is 0. The number of ether oxygens (including phenoxy) is 1. The SMILES string of the molecule is O=c1[nH]c([C@H]2CC3OP(=O)(O)OCC3O2)c(I)c(=O)[nH]1. The first kappa shape index (κ1) is 14.4. The number of hydrogen-bond acceptors (Lipinski definition) is 6. The van der Waals surface area contributed by atoms with E-state index in [0.29, 0.717) is 9.26 Å². The lowest BCUT2D eigenvalue weighted by Gasteiger charge is -2.26. The third kappa shape index (κ3) is 2.63. The molecule has 2 aliphatic rings. The molecule has 0 aromatic carbocycles. The van der Waals surface area contributed by atoms with Gasteiger partial charge in [-0.2, -0.15) is 0 Å². The molecule has 2 saturated heterocycles. The predicted octanol–water partition coefficient (Wildman–Crippen LogP) is 0.0136. The van der Waals surface area contributed by atoms with Crippen LogP contribution in [0.2, 0.25) is 0 Å². The highest BCUT2D eigenvalue weighted by Crippen LogP contribution is 2.52. The van der Waals surface area contributed by atoms with Crippen molar-refractivity contribution in [1.82, 2.24) is 9.97 Å². The molecule has 0 radical (unpaired) electrons. The molecular formula is C9H10IN2O7P. The standard InChI is InChI=1S/C9H10IN2O7P/c10-6-7(11-9(14)12-8(6)13)4-1-3-5(18-4)2-17-20(15,16)19-3/h3-5H,1-2H2,(H,15,16)(H2,11,12,13,14)/t3?,4-,5?/m1/s1. The molecule has 0 amide bonds. The number of nitrogens with one attached hydrogen (secondary N) is 2. The highest BCUT2D eigenvalue weighted by atomic mass is 127. The van der Waals surface area contributed by atoms with E-state index in [0.717, 1.165) is 0 Å². The molecular weight excluding hydrogens is 406 g/mol. The highest BCUT2D eigenvalue weighted by molar-refractivity contribution is 14.1. The second-order valence-electron chi connectivity index (χ2n) is 4.44. The molecule has 1 aromatic rings. The van der Waals surface area contributed by atoms with E-state index in [4.69, 9.17) is 9.26 Å². The van der Waals surface area contributed by atoms with Crippen LogP contribution in [0, 0.1) is 3.57 Å². The summed E-state index contributed by atoms with van der Waals surface area (Å²) in [4.78, 5) is 36.8. The molecule has 0 spiro atoms. The van der Waals surface area contributed by atoms with Crippen LogP contribution in [0.5, 0.6) is 0 Å². The van der Waals surface area contributed by atoms with Crippen molar-refractivity contribution < 1.29 is 23.2 Å². The number of rotatable bonds is 1. The van der Waals surface area contributed by atoms with Crippen LogP contribution in [0.25, 0.3) is 0 Å². The van der Waals surface area contributed by atoms with Crippen LogP contribution in [0.15, 0.2) is 9.59 Å².